The Bertz CT molecular complexity index is 686. The number of hydrogen-bond acceptors (Lipinski definition) is 3. The van der Waals surface area contributed by atoms with Crippen LogP contribution >= 0.6 is 11.6 Å². The van der Waals surface area contributed by atoms with Gasteiger partial charge in [0.15, 0.2) is 0 Å². The number of amides is 1. The standard InChI is InChI=1S/C15H17ClN4O/c16-14-2-1-12-6-17-13(9-20(12)14)15(21)18-11-5-10-3-4-19(7-10)8-11/h1-2,6,9-11H,3-5,7-8H2,(H,18,21)/t10-,11+/m0/s1. The molecule has 4 heterocycles. The number of halogens is 1. The summed E-state index contributed by atoms with van der Waals surface area (Å²) in [7, 11) is 0. The number of piperidine rings is 1. The van der Waals surface area contributed by atoms with E-state index in [1.165, 1.54) is 19.5 Å². The molecule has 1 amide bonds. The van der Waals surface area contributed by atoms with Gasteiger partial charge in [0.05, 0.1) is 11.7 Å². The minimum absolute atomic E-state index is 0.117. The van der Waals surface area contributed by atoms with Crippen molar-refractivity contribution >= 4 is 23.0 Å². The first-order valence-corrected chi connectivity index (χ1v) is 7.72. The van der Waals surface area contributed by atoms with Crippen LogP contribution in [0.5, 0.6) is 0 Å². The fourth-order valence-electron chi connectivity index (χ4n) is 3.51. The second-order valence-corrected chi connectivity index (χ2v) is 6.43. The number of nitrogens with zero attached hydrogens (tertiary/aromatic N) is 3. The third-order valence-corrected chi connectivity index (χ3v) is 4.83. The summed E-state index contributed by atoms with van der Waals surface area (Å²) in [6, 6.07) is 3.91. The Balaban J connectivity index is 1.52. The quantitative estimate of drug-likeness (QED) is 0.920. The van der Waals surface area contributed by atoms with Crippen LogP contribution in [0.15, 0.2) is 24.5 Å². The molecule has 2 saturated heterocycles. The van der Waals surface area contributed by atoms with Crippen LogP contribution in [0.25, 0.3) is 5.52 Å². The lowest BCUT2D eigenvalue weighted by atomic mass is 9.97. The third kappa shape index (κ3) is 2.40. The minimum atomic E-state index is -0.117. The summed E-state index contributed by atoms with van der Waals surface area (Å²) in [6.07, 6.45) is 5.71. The van der Waals surface area contributed by atoms with Crippen LogP contribution in [0.2, 0.25) is 5.15 Å². The zero-order valence-electron chi connectivity index (χ0n) is 11.6. The highest BCUT2D eigenvalue weighted by Gasteiger charge is 2.33. The Labute approximate surface area is 127 Å². The lowest BCUT2D eigenvalue weighted by Gasteiger charge is -2.30. The molecule has 0 spiro atoms. The number of hydrogen-bond donors (Lipinski definition) is 1. The van der Waals surface area contributed by atoms with Crippen molar-refractivity contribution in [3.8, 4) is 0 Å². The SMILES string of the molecule is O=C(N[C@@H]1C[C@@H]2CCN(C2)C1)c1cn2c(Cl)ccc2cn1. The van der Waals surface area contributed by atoms with E-state index in [9.17, 15) is 4.79 Å². The highest BCUT2D eigenvalue weighted by molar-refractivity contribution is 6.30. The van der Waals surface area contributed by atoms with E-state index in [2.05, 4.69) is 15.2 Å². The van der Waals surface area contributed by atoms with Crippen molar-refractivity contribution in [2.75, 3.05) is 19.6 Å². The van der Waals surface area contributed by atoms with E-state index >= 15 is 0 Å². The molecule has 0 saturated carbocycles. The summed E-state index contributed by atoms with van der Waals surface area (Å²) in [5, 5.41) is 3.70. The molecule has 2 aromatic heterocycles. The molecule has 2 bridgehead atoms. The first kappa shape index (κ1) is 13.1. The van der Waals surface area contributed by atoms with E-state index in [0.717, 1.165) is 24.4 Å². The molecule has 0 aliphatic carbocycles. The summed E-state index contributed by atoms with van der Waals surface area (Å²) >= 11 is 6.08. The Morgan fingerprint density at radius 1 is 1.38 bits per heavy atom. The Morgan fingerprint density at radius 3 is 3.14 bits per heavy atom. The van der Waals surface area contributed by atoms with Crippen molar-refractivity contribution < 1.29 is 4.79 Å². The summed E-state index contributed by atoms with van der Waals surface area (Å²) in [5.41, 5.74) is 1.30. The fraction of sp³-hybridized carbons (Fsp3) is 0.467. The molecule has 0 aromatic carbocycles. The molecule has 4 rings (SSSR count). The van der Waals surface area contributed by atoms with Crippen LogP contribution in [0.3, 0.4) is 0 Å². The van der Waals surface area contributed by atoms with Crippen molar-refractivity contribution in [1.29, 1.82) is 0 Å². The van der Waals surface area contributed by atoms with Gasteiger partial charge in [-0.3, -0.25) is 4.79 Å². The largest absolute Gasteiger partial charge is 0.347 e. The van der Waals surface area contributed by atoms with Crippen LogP contribution in [0.4, 0.5) is 0 Å². The van der Waals surface area contributed by atoms with E-state index in [1.807, 2.05) is 6.07 Å². The molecule has 6 heteroatoms. The topological polar surface area (TPSA) is 49.6 Å². The van der Waals surface area contributed by atoms with Gasteiger partial charge in [-0.05, 0) is 37.4 Å². The second kappa shape index (κ2) is 5.00. The van der Waals surface area contributed by atoms with Gasteiger partial charge in [0, 0.05) is 25.3 Å². The van der Waals surface area contributed by atoms with Crippen molar-refractivity contribution in [1.82, 2.24) is 19.6 Å². The van der Waals surface area contributed by atoms with Crippen molar-refractivity contribution in [2.24, 2.45) is 5.92 Å². The van der Waals surface area contributed by atoms with Crippen LogP contribution in [-0.4, -0.2) is 45.9 Å². The molecule has 2 aliphatic rings. The molecule has 5 nitrogen and oxygen atoms in total. The van der Waals surface area contributed by atoms with Crippen LogP contribution in [0, 0.1) is 5.92 Å². The Kier molecular flexibility index (Phi) is 3.12. The molecule has 1 unspecified atom stereocenters. The van der Waals surface area contributed by atoms with Crippen LogP contribution < -0.4 is 5.32 Å². The zero-order chi connectivity index (χ0) is 14.4. The average Bonchev–Trinajstić information content (AvgIpc) is 3.02. The van der Waals surface area contributed by atoms with E-state index < -0.39 is 0 Å². The molecular weight excluding hydrogens is 288 g/mol. The van der Waals surface area contributed by atoms with Gasteiger partial charge in [-0.25, -0.2) is 4.98 Å². The number of rotatable bonds is 2. The molecule has 2 aliphatic heterocycles. The molecule has 2 fully saturated rings. The number of carbonyl (C=O) groups excluding carboxylic acids is 1. The lowest BCUT2D eigenvalue weighted by molar-refractivity contribution is 0.0904. The molecule has 3 atom stereocenters. The molecule has 0 radical (unpaired) electrons. The molecular formula is C15H17ClN4O. The van der Waals surface area contributed by atoms with Crippen LogP contribution in [0.1, 0.15) is 23.3 Å². The third-order valence-electron chi connectivity index (χ3n) is 4.52. The van der Waals surface area contributed by atoms with Crippen LogP contribution in [-0.2, 0) is 0 Å². The first-order chi connectivity index (χ1) is 10.2. The Hall–Kier alpha value is -1.59. The van der Waals surface area contributed by atoms with Gasteiger partial charge in [0.2, 0.25) is 0 Å². The summed E-state index contributed by atoms with van der Waals surface area (Å²) in [6.45, 7) is 3.31. The number of fused-ring (bicyclic) bond motifs is 3. The van der Waals surface area contributed by atoms with Gasteiger partial charge in [-0.2, -0.15) is 0 Å². The number of nitrogens with one attached hydrogen (secondary N) is 1. The van der Waals surface area contributed by atoms with Crippen molar-refractivity contribution in [3.63, 3.8) is 0 Å². The maximum Gasteiger partial charge on any atom is 0.271 e. The molecule has 110 valence electrons. The average molecular weight is 305 g/mol. The van der Waals surface area contributed by atoms with Gasteiger partial charge in [-0.15, -0.1) is 0 Å². The summed E-state index contributed by atoms with van der Waals surface area (Å²) in [4.78, 5) is 19.0. The zero-order valence-corrected chi connectivity index (χ0v) is 12.4. The van der Waals surface area contributed by atoms with Crippen molar-refractivity contribution in [3.05, 3.63) is 35.4 Å². The van der Waals surface area contributed by atoms with E-state index in [-0.39, 0.29) is 11.9 Å². The highest BCUT2D eigenvalue weighted by atomic mass is 35.5. The number of aromatic nitrogens is 2. The van der Waals surface area contributed by atoms with E-state index in [4.69, 9.17) is 11.6 Å². The Morgan fingerprint density at radius 2 is 2.29 bits per heavy atom. The summed E-state index contributed by atoms with van der Waals surface area (Å²) < 4.78 is 1.78. The molecule has 2 aromatic rings. The fourth-order valence-corrected chi connectivity index (χ4v) is 3.72. The minimum Gasteiger partial charge on any atom is -0.347 e. The monoisotopic (exact) mass is 304 g/mol. The van der Waals surface area contributed by atoms with Gasteiger partial charge >= 0.3 is 0 Å². The van der Waals surface area contributed by atoms with E-state index in [0.29, 0.717) is 10.8 Å². The maximum absolute atomic E-state index is 12.4. The summed E-state index contributed by atoms with van der Waals surface area (Å²) in [5.74, 6) is 0.618. The predicted octanol–water partition coefficient (Wildman–Crippen LogP) is 1.81. The van der Waals surface area contributed by atoms with Gasteiger partial charge in [-0.1, -0.05) is 11.6 Å². The number of carbonyl (C=O) groups is 1. The van der Waals surface area contributed by atoms with Crippen molar-refractivity contribution in [2.45, 2.75) is 18.9 Å². The second-order valence-electron chi connectivity index (χ2n) is 6.04. The molecule has 1 N–H and O–H groups in total. The van der Waals surface area contributed by atoms with Gasteiger partial charge in [0.25, 0.3) is 5.91 Å². The van der Waals surface area contributed by atoms with Gasteiger partial charge < -0.3 is 14.6 Å². The van der Waals surface area contributed by atoms with Gasteiger partial charge in [0.1, 0.15) is 10.8 Å². The highest BCUT2D eigenvalue weighted by Crippen LogP contribution is 2.26. The maximum atomic E-state index is 12.4. The predicted molar refractivity (Wildman–Crippen MR) is 80.6 cm³/mol. The van der Waals surface area contributed by atoms with E-state index in [1.54, 1.807) is 22.9 Å². The first-order valence-electron chi connectivity index (χ1n) is 7.35. The molecule has 21 heavy (non-hydrogen) atoms. The normalized spacial score (nSPS) is 28.0. The lowest BCUT2D eigenvalue weighted by Crippen LogP contribution is -2.47. The smallest absolute Gasteiger partial charge is 0.271 e.